The largest absolute Gasteiger partial charge is 0.351 e. The molecule has 0 radical (unpaired) electrons. The summed E-state index contributed by atoms with van der Waals surface area (Å²) in [5.41, 5.74) is 0.305. The molecule has 1 aliphatic heterocycles. The van der Waals surface area contributed by atoms with E-state index in [1.54, 1.807) is 24.1 Å². The Balaban J connectivity index is 0.00000338. The Bertz CT molecular complexity index is 734. The summed E-state index contributed by atoms with van der Waals surface area (Å²) in [5.74, 6) is -0.369. The van der Waals surface area contributed by atoms with Crippen LogP contribution >= 0.6 is 12.4 Å². The lowest BCUT2D eigenvalue weighted by molar-refractivity contribution is -0.129. The predicted octanol–water partition coefficient (Wildman–Crippen LogP) is -0.0896. The van der Waals surface area contributed by atoms with Crippen molar-refractivity contribution in [2.45, 2.75) is 11.8 Å². The molecule has 8 nitrogen and oxygen atoms in total. The fourth-order valence-electron chi connectivity index (χ4n) is 2.59. The highest BCUT2D eigenvalue weighted by atomic mass is 35.5. The third kappa shape index (κ3) is 5.41. The maximum Gasteiger partial charge on any atom is 0.251 e. The Morgan fingerprint density at radius 3 is 2.35 bits per heavy atom. The smallest absolute Gasteiger partial charge is 0.251 e. The zero-order chi connectivity index (χ0) is 18.4. The number of carbonyl (C=O) groups is 2. The molecule has 0 bridgehead atoms. The van der Waals surface area contributed by atoms with Crippen molar-refractivity contribution in [3.05, 3.63) is 29.8 Å². The molecule has 1 saturated heterocycles. The van der Waals surface area contributed by atoms with Crippen LogP contribution in [-0.2, 0) is 14.8 Å². The standard InChI is InChI=1S/C16H24N4O4S.ClH/c1-13(21)19-8-10-20(11-9-19)25(23,24)15-5-3-4-14(12-15)16(22)18-7-6-17-2;/h3-5,12,17H,6-11H2,1-2H3,(H,18,22);1H. The van der Waals surface area contributed by atoms with Crippen LogP contribution in [-0.4, -0.2) is 75.8 Å². The first-order chi connectivity index (χ1) is 11.9. The molecule has 0 saturated carbocycles. The van der Waals surface area contributed by atoms with Crippen molar-refractivity contribution in [2.24, 2.45) is 0 Å². The molecule has 2 amide bonds. The molecule has 1 aromatic carbocycles. The van der Waals surface area contributed by atoms with Gasteiger partial charge in [-0.2, -0.15) is 4.31 Å². The highest BCUT2D eigenvalue weighted by Crippen LogP contribution is 2.19. The number of likely N-dealkylation sites (N-methyl/N-ethyl adjacent to an activating group) is 1. The Labute approximate surface area is 160 Å². The third-order valence-electron chi connectivity index (χ3n) is 4.08. The fraction of sp³-hybridized carbons (Fsp3) is 0.500. The van der Waals surface area contributed by atoms with Gasteiger partial charge in [0.05, 0.1) is 4.90 Å². The zero-order valence-electron chi connectivity index (χ0n) is 14.9. The zero-order valence-corrected chi connectivity index (χ0v) is 16.5. The lowest BCUT2D eigenvalue weighted by Crippen LogP contribution is -2.49. The molecule has 1 aliphatic rings. The van der Waals surface area contributed by atoms with Crippen LogP contribution in [0.2, 0.25) is 0 Å². The van der Waals surface area contributed by atoms with Crippen molar-refractivity contribution in [3.8, 4) is 0 Å². The summed E-state index contributed by atoms with van der Waals surface area (Å²) in [7, 11) is -1.91. The van der Waals surface area contributed by atoms with E-state index in [4.69, 9.17) is 0 Å². The van der Waals surface area contributed by atoms with E-state index in [2.05, 4.69) is 10.6 Å². The topological polar surface area (TPSA) is 98.8 Å². The number of nitrogens with zero attached hydrogens (tertiary/aromatic N) is 2. The molecule has 2 N–H and O–H groups in total. The number of piperazine rings is 1. The number of halogens is 1. The van der Waals surface area contributed by atoms with Gasteiger partial charge in [-0.3, -0.25) is 9.59 Å². The molecule has 26 heavy (non-hydrogen) atoms. The number of nitrogens with one attached hydrogen (secondary N) is 2. The quantitative estimate of drug-likeness (QED) is 0.646. The second-order valence-electron chi connectivity index (χ2n) is 5.80. The van der Waals surface area contributed by atoms with E-state index in [9.17, 15) is 18.0 Å². The molecule has 0 spiro atoms. The van der Waals surface area contributed by atoms with Gasteiger partial charge in [-0.15, -0.1) is 12.4 Å². The van der Waals surface area contributed by atoms with Crippen LogP contribution in [0.25, 0.3) is 0 Å². The average Bonchev–Trinajstić information content (AvgIpc) is 2.62. The summed E-state index contributed by atoms with van der Waals surface area (Å²) in [6.45, 7) is 3.81. The molecule has 1 heterocycles. The molecule has 0 unspecified atom stereocenters. The van der Waals surface area contributed by atoms with Gasteiger partial charge in [0.1, 0.15) is 0 Å². The van der Waals surface area contributed by atoms with Crippen molar-refractivity contribution in [3.63, 3.8) is 0 Å². The van der Waals surface area contributed by atoms with Crippen LogP contribution in [0.15, 0.2) is 29.2 Å². The summed E-state index contributed by atoms with van der Waals surface area (Å²) in [4.78, 5) is 25.2. The second kappa shape index (κ2) is 9.86. The molecule has 0 atom stereocenters. The fourth-order valence-corrected chi connectivity index (χ4v) is 4.06. The summed E-state index contributed by atoms with van der Waals surface area (Å²) in [6, 6.07) is 6.02. The van der Waals surface area contributed by atoms with Crippen LogP contribution in [0.1, 0.15) is 17.3 Å². The summed E-state index contributed by atoms with van der Waals surface area (Å²) < 4.78 is 26.9. The van der Waals surface area contributed by atoms with Crippen molar-refractivity contribution < 1.29 is 18.0 Å². The number of hydrogen-bond donors (Lipinski definition) is 2. The van der Waals surface area contributed by atoms with Gasteiger partial charge in [0.2, 0.25) is 15.9 Å². The molecular weight excluding hydrogens is 380 g/mol. The highest BCUT2D eigenvalue weighted by Gasteiger charge is 2.29. The molecule has 10 heteroatoms. The molecule has 1 fully saturated rings. The van der Waals surface area contributed by atoms with Crippen LogP contribution in [0.4, 0.5) is 0 Å². The van der Waals surface area contributed by atoms with E-state index in [1.165, 1.54) is 23.4 Å². The Hall–Kier alpha value is -1.68. The molecule has 0 aromatic heterocycles. The van der Waals surface area contributed by atoms with Gasteiger partial charge in [0.15, 0.2) is 0 Å². The van der Waals surface area contributed by atoms with Crippen molar-refractivity contribution in [2.75, 3.05) is 46.3 Å². The van der Waals surface area contributed by atoms with Crippen molar-refractivity contribution in [1.29, 1.82) is 0 Å². The van der Waals surface area contributed by atoms with E-state index in [1.807, 2.05) is 0 Å². The predicted molar refractivity (Wildman–Crippen MR) is 101 cm³/mol. The van der Waals surface area contributed by atoms with Crippen LogP contribution in [0.3, 0.4) is 0 Å². The normalized spacial score (nSPS) is 15.2. The number of amides is 2. The summed E-state index contributed by atoms with van der Waals surface area (Å²) >= 11 is 0. The van der Waals surface area contributed by atoms with Crippen molar-refractivity contribution >= 4 is 34.2 Å². The van der Waals surface area contributed by atoms with Crippen LogP contribution in [0, 0.1) is 0 Å². The van der Waals surface area contributed by atoms with Crippen molar-refractivity contribution in [1.82, 2.24) is 19.8 Å². The lowest BCUT2D eigenvalue weighted by Gasteiger charge is -2.33. The maximum atomic E-state index is 12.8. The van der Waals surface area contributed by atoms with Gasteiger partial charge in [0.25, 0.3) is 5.91 Å². The second-order valence-corrected chi connectivity index (χ2v) is 7.74. The van der Waals surface area contributed by atoms with Crippen LogP contribution in [0.5, 0.6) is 0 Å². The first kappa shape index (κ1) is 22.4. The van der Waals surface area contributed by atoms with Gasteiger partial charge >= 0.3 is 0 Å². The number of hydrogen-bond acceptors (Lipinski definition) is 5. The van der Waals surface area contributed by atoms with E-state index in [0.717, 1.165) is 0 Å². The Kier molecular flexibility index (Phi) is 8.48. The Morgan fingerprint density at radius 2 is 1.77 bits per heavy atom. The first-order valence-electron chi connectivity index (χ1n) is 8.15. The van der Waals surface area contributed by atoms with Gasteiger partial charge in [-0.25, -0.2) is 8.42 Å². The maximum absolute atomic E-state index is 12.8. The van der Waals surface area contributed by atoms with Gasteiger partial charge in [0, 0.05) is 51.8 Å². The molecule has 146 valence electrons. The third-order valence-corrected chi connectivity index (χ3v) is 5.97. The minimum Gasteiger partial charge on any atom is -0.351 e. The summed E-state index contributed by atoms with van der Waals surface area (Å²) in [6.07, 6.45) is 0. The van der Waals surface area contributed by atoms with Gasteiger partial charge in [-0.05, 0) is 25.2 Å². The molecular formula is C16H25ClN4O4S. The highest BCUT2D eigenvalue weighted by molar-refractivity contribution is 7.89. The monoisotopic (exact) mass is 404 g/mol. The van der Waals surface area contributed by atoms with E-state index < -0.39 is 10.0 Å². The van der Waals surface area contributed by atoms with E-state index in [0.29, 0.717) is 31.7 Å². The van der Waals surface area contributed by atoms with E-state index >= 15 is 0 Å². The molecule has 0 aliphatic carbocycles. The number of carbonyl (C=O) groups excluding carboxylic acids is 2. The van der Waals surface area contributed by atoms with E-state index in [-0.39, 0.29) is 42.2 Å². The molecule has 2 rings (SSSR count). The Morgan fingerprint density at radius 1 is 1.12 bits per heavy atom. The minimum atomic E-state index is -3.69. The first-order valence-corrected chi connectivity index (χ1v) is 9.59. The van der Waals surface area contributed by atoms with Crippen LogP contribution < -0.4 is 10.6 Å². The number of benzene rings is 1. The van der Waals surface area contributed by atoms with Gasteiger partial charge in [-0.1, -0.05) is 6.07 Å². The SMILES string of the molecule is CNCCNC(=O)c1cccc(S(=O)(=O)N2CCN(C(C)=O)CC2)c1.Cl. The molecule has 1 aromatic rings. The lowest BCUT2D eigenvalue weighted by atomic mass is 10.2. The minimum absolute atomic E-state index is 0. The summed E-state index contributed by atoms with van der Waals surface area (Å²) in [5, 5.41) is 5.64. The van der Waals surface area contributed by atoms with Gasteiger partial charge < -0.3 is 15.5 Å². The number of sulfonamides is 1. The number of rotatable bonds is 6. The average molecular weight is 405 g/mol.